The van der Waals surface area contributed by atoms with Crippen LogP contribution in [-0.4, -0.2) is 48.1 Å². The molecular weight excluding hydrogens is 544 g/mol. The Labute approximate surface area is 243 Å². The summed E-state index contributed by atoms with van der Waals surface area (Å²) >= 11 is 0.952. The Balaban J connectivity index is 1.81. The van der Waals surface area contributed by atoms with Gasteiger partial charge in [0.1, 0.15) is 22.1 Å². The molecule has 1 amide bonds. The standard InChI is InChI=1S/C31H34N2O7S/c1-5-7-8-17-40-22-14-12-20(13-15-22)25-24(26(34)21-10-9-11-23(18-21)39-16-6-2)27(35)29(36)33(25)31-32-19(3)28(41-31)30(37)38-4/h9-15,18,25,34H,5-8,16-17H2,1-4H3. The molecule has 41 heavy (non-hydrogen) atoms. The Bertz CT molecular complexity index is 1440. The molecule has 3 aromatic rings. The van der Waals surface area contributed by atoms with Crippen LogP contribution in [0.5, 0.6) is 11.5 Å². The second kappa shape index (κ2) is 13.5. The minimum atomic E-state index is -1.000. The minimum Gasteiger partial charge on any atom is -0.507 e. The van der Waals surface area contributed by atoms with Crippen molar-refractivity contribution in [1.82, 2.24) is 4.98 Å². The SMILES string of the molecule is CCCCCOc1ccc(C2C(=C(O)c3cccc(OCCC)c3)C(=O)C(=O)N2c2nc(C)c(C(=O)OC)s2)cc1. The highest BCUT2D eigenvalue weighted by atomic mass is 32.1. The number of benzene rings is 2. The molecule has 2 heterocycles. The zero-order valence-corrected chi connectivity index (χ0v) is 24.5. The average Bonchev–Trinajstić information content (AvgIpc) is 3.50. The molecule has 1 unspecified atom stereocenters. The van der Waals surface area contributed by atoms with Gasteiger partial charge < -0.3 is 19.3 Å². The molecule has 1 atom stereocenters. The van der Waals surface area contributed by atoms with Gasteiger partial charge in [0.15, 0.2) is 5.13 Å². The Morgan fingerprint density at radius 2 is 1.73 bits per heavy atom. The van der Waals surface area contributed by atoms with Crippen LogP contribution < -0.4 is 14.4 Å². The number of thiazole rings is 1. The second-order valence-electron chi connectivity index (χ2n) is 9.57. The van der Waals surface area contributed by atoms with Crippen molar-refractivity contribution in [3.63, 3.8) is 0 Å². The van der Waals surface area contributed by atoms with Crippen LogP contribution in [0.25, 0.3) is 5.76 Å². The van der Waals surface area contributed by atoms with Crippen LogP contribution in [0.1, 0.15) is 72.1 Å². The first kappa shape index (κ1) is 29.8. The van der Waals surface area contributed by atoms with Gasteiger partial charge in [-0.15, -0.1) is 0 Å². The molecule has 10 heteroatoms. The number of esters is 1. The van der Waals surface area contributed by atoms with E-state index in [9.17, 15) is 19.5 Å². The van der Waals surface area contributed by atoms with Crippen molar-refractivity contribution in [2.45, 2.75) is 52.5 Å². The lowest BCUT2D eigenvalue weighted by Crippen LogP contribution is -2.29. The summed E-state index contributed by atoms with van der Waals surface area (Å²) in [7, 11) is 1.26. The summed E-state index contributed by atoms with van der Waals surface area (Å²) in [6.45, 7) is 6.81. The van der Waals surface area contributed by atoms with E-state index < -0.39 is 23.7 Å². The third-order valence-electron chi connectivity index (χ3n) is 6.60. The van der Waals surface area contributed by atoms with Gasteiger partial charge in [-0.05, 0) is 49.6 Å². The van der Waals surface area contributed by atoms with Crippen molar-refractivity contribution in [3.8, 4) is 11.5 Å². The lowest BCUT2D eigenvalue weighted by Gasteiger charge is -2.23. The maximum Gasteiger partial charge on any atom is 0.350 e. The Morgan fingerprint density at radius 1 is 1.00 bits per heavy atom. The second-order valence-corrected chi connectivity index (χ2v) is 10.6. The number of hydrogen-bond donors (Lipinski definition) is 1. The fourth-order valence-corrected chi connectivity index (χ4v) is 5.52. The minimum absolute atomic E-state index is 0.0910. The number of amides is 1. The van der Waals surface area contributed by atoms with Crippen LogP contribution in [0.15, 0.2) is 54.1 Å². The van der Waals surface area contributed by atoms with E-state index in [2.05, 4.69) is 11.9 Å². The monoisotopic (exact) mass is 578 g/mol. The summed E-state index contributed by atoms with van der Waals surface area (Å²) in [5.74, 6) is -1.46. The third-order valence-corrected chi connectivity index (χ3v) is 7.74. The molecule has 2 aromatic carbocycles. The normalized spacial score (nSPS) is 16.2. The first-order chi connectivity index (χ1) is 19.8. The molecule has 1 N–H and O–H groups in total. The van der Waals surface area contributed by atoms with E-state index in [1.54, 1.807) is 55.5 Å². The zero-order valence-electron chi connectivity index (χ0n) is 23.6. The summed E-state index contributed by atoms with van der Waals surface area (Å²) in [6, 6.07) is 12.8. The molecule has 0 saturated carbocycles. The van der Waals surface area contributed by atoms with Gasteiger partial charge in [0, 0.05) is 5.56 Å². The maximum absolute atomic E-state index is 13.5. The number of hydrogen-bond acceptors (Lipinski definition) is 9. The number of aromatic nitrogens is 1. The van der Waals surface area contributed by atoms with Gasteiger partial charge in [-0.2, -0.15) is 0 Å². The molecule has 216 valence electrons. The number of rotatable bonds is 12. The van der Waals surface area contributed by atoms with Crippen molar-refractivity contribution in [2.75, 3.05) is 25.2 Å². The molecule has 0 spiro atoms. The number of methoxy groups -OCH3 is 1. The lowest BCUT2D eigenvalue weighted by atomic mass is 9.95. The summed E-state index contributed by atoms with van der Waals surface area (Å²) in [5, 5.41) is 11.6. The number of unbranched alkanes of at least 4 members (excludes halogenated alkanes) is 2. The molecule has 4 rings (SSSR count). The third kappa shape index (κ3) is 6.43. The van der Waals surface area contributed by atoms with Crippen molar-refractivity contribution in [1.29, 1.82) is 0 Å². The Kier molecular flexibility index (Phi) is 9.78. The van der Waals surface area contributed by atoms with E-state index in [4.69, 9.17) is 14.2 Å². The van der Waals surface area contributed by atoms with E-state index in [-0.39, 0.29) is 21.3 Å². The number of anilines is 1. The van der Waals surface area contributed by atoms with Crippen LogP contribution in [0.2, 0.25) is 0 Å². The smallest absolute Gasteiger partial charge is 0.350 e. The predicted molar refractivity (Wildman–Crippen MR) is 157 cm³/mol. The van der Waals surface area contributed by atoms with Crippen LogP contribution in [-0.2, 0) is 14.3 Å². The molecule has 0 radical (unpaired) electrons. The van der Waals surface area contributed by atoms with Gasteiger partial charge in [-0.25, -0.2) is 9.78 Å². The molecule has 1 aromatic heterocycles. The van der Waals surface area contributed by atoms with E-state index in [0.717, 1.165) is 37.0 Å². The molecule has 1 saturated heterocycles. The quantitative estimate of drug-likeness (QED) is 0.0885. The highest BCUT2D eigenvalue weighted by molar-refractivity contribution is 7.17. The molecule has 1 fully saturated rings. The number of carbonyl (C=O) groups excluding carboxylic acids is 3. The fraction of sp³-hybridized carbons (Fsp3) is 0.355. The Hall–Kier alpha value is -4.18. The van der Waals surface area contributed by atoms with Crippen LogP contribution in [0, 0.1) is 6.92 Å². The topological polar surface area (TPSA) is 115 Å². The fourth-order valence-electron chi connectivity index (χ4n) is 4.51. The number of aliphatic hydroxyl groups is 1. The predicted octanol–water partition coefficient (Wildman–Crippen LogP) is 6.22. The summed E-state index contributed by atoms with van der Waals surface area (Å²) in [6.07, 6.45) is 3.89. The number of ether oxygens (including phenoxy) is 3. The molecular formula is C31H34N2O7S. The first-order valence-corrected chi connectivity index (χ1v) is 14.4. The maximum atomic E-state index is 13.5. The largest absolute Gasteiger partial charge is 0.507 e. The highest BCUT2D eigenvalue weighted by Gasteiger charge is 2.48. The summed E-state index contributed by atoms with van der Waals surface area (Å²) in [5.41, 5.74) is 1.18. The summed E-state index contributed by atoms with van der Waals surface area (Å²) in [4.78, 5) is 45.2. The lowest BCUT2D eigenvalue weighted by molar-refractivity contribution is -0.132. The number of aliphatic hydroxyl groups excluding tert-OH is 1. The molecule has 1 aliphatic rings. The van der Waals surface area contributed by atoms with Gasteiger partial charge in [0.05, 0.1) is 37.6 Å². The van der Waals surface area contributed by atoms with Crippen molar-refractivity contribution in [2.24, 2.45) is 0 Å². The van der Waals surface area contributed by atoms with Gasteiger partial charge in [-0.1, -0.05) is 62.3 Å². The van der Waals surface area contributed by atoms with E-state index in [0.29, 0.717) is 41.5 Å². The van der Waals surface area contributed by atoms with Crippen molar-refractivity contribution >= 4 is 39.9 Å². The number of aryl methyl sites for hydroxylation is 1. The van der Waals surface area contributed by atoms with Crippen LogP contribution >= 0.6 is 11.3 Å². The molecule has 1 aliphatic heterocycles. The molecule has 0 bridgehead atoms. The Morgan fingerprint density at radius 3 is 2.41 bits per heavy atom. The van der Waals surface area contributed by atoms with Gasteiger partial charge in [0.2, 0.25) is 0 Å². The van der Waals surface area contributed by atoms with E-state index in [1.165, 1.54) is 12.0 Å². The molecule has 9 nitrogen and oxygen atoms in total. The van der Waals surface area contributed by atoms with Crippen LogP contribution in [0.3, 0.4) is 0 Å². The van der Waals surface area contributed by atoms with Crippen molar-refractivity contribution in [3.05, 3.63) is 75.8 Å². The van der Waals surface area contributed by atoms with E-state index >= 15 is 0 Å². The van der Waals surface area contributed by atoms with Gasteiger partial charge in [-0.3, -0.25) is 14.5 Å². The number of carbonyl (C=O) groups is 3. The number of ketones is 1. The number of nitrogens with zero attached hydrogens (tertiary/aromatic N) is 2. The van der Waals surface area contributed by atoms with Gasteiger partial charge >= 0.3 is 11.9 Å². The average molecular weight is 579 g/mol. The summed E-state index contributed by atoms with van der Waals surface area (Å²) < 4.78 is 16.4. The van der Waals surface area contributed by atoms with E-state index in [1.807, 2.05) is 6.92 Å². The highest BCUT2D eigenvalue weighted by Crippen LogP contribution is 2.44. The zero-order chi connectivity index (χ0) is 29.5. The molecule has 0 aliphatic carbocycles. The van der Waals surface area contributed by atoms with Crippen molar-refractivity contribution < 1.29 is 33.7 Å². The number of Topliss-reactive ketones (excluding diaryl/α,β-unsaturated/α-hetero) is 1. The van der Waals surface area contributed by atoms with Gasteiger partial charge in [0.25, 0.3) is 5.78 Å². The van der Waals surface area contributed by atoms with Crippen LogP contribution in [0.4, 0.5) is 5.13 Å². The first-order valence-electron chi connectivity index (χ1n) is 13.6.